The number of carbonyl (C=O) groups is 1. The highest BCUT2D eigenvalue weighted by molar-refractivity contribution is 5.95. The molecule has 0 atom stereocenters. The molecule has 0 aromatic heterocycles. The smallest absolute Gasteiger partial charge is 0.234 e. The molecule has 4 aliphatic rings. The molecule has 1 aliphatic carbocycles. The van der Waals surface area contributed by atoms with Gasteiger partial charge in [-0.2, -0.15) is 5.26 Å². The number of amidine groups is 1. The third kappa shape index (κ3) is 4.17. The molecule has 3 aliphatic heterocycles. The minimum Gasteiger partial charge on any atom is -0.370 e. The van der Waals surface area contributed by atoms with E-state index in [0.717, 1.165) is 67.8 Å². The lowest BCUT2D eigenvalue weighted by atomic mass is 9.67. The van der Waals surface area contributed by atoms with Crippen LogP contribution in [0.5, 0.6) is 0 Å². The van der Waals surface area contributed by atoms with E-state index in [2.05, 4.69) is 41.2 Å². The molecule has 1 spiro atoms. The van der Waals surface area contributed by atoms with Crippen LogP contribution in [-0.2, 0) is 16.8 Å². The lowest BCUT2D eigenvalue weighted by Crippen LogP contribution is -2.58. The van der Waals surface area contributed by atoms with Gasteiger partial charge in [-0.3, -0.25) is 9.79 Å². The third-order valence-electron chi connectivity index (χ3n) is 8.74. The van der Waals surface area contributed by atoms with Crippen molar-refractivity contribution in [3.05, 3.63) is 34.9 Å². The molecule has 1 saturated carbocycles. The Labute approximate surface area is 198 Å². The summed E-state index contributed by atoms with van der Waals surface area (Å²) in [6, 6.07) is 8.91. The minimum atomic E-state index is -0.466. The number of piperidine rings is 1. The van der Waals surface area contributed by atoms with Crippen molar-refractivity contribution in [3.63, 3.8) is 0 Å². The van der Waals surface area contributed by atoms with Gasteiger partial charge in [0.05, 0.1) is 30.1 Å². The second-order valence-electron chi connectivity index (χ2n) is 10.8. The molecule has 1 N–H and O–H groups in total. The molecule has 6 heteroatoms. The molecule has 5 rings (SSSR count). The summed E-state index contributed by atoms with van der Waals surface area (Å²) in [4.78, 5) is 23.1. The number of nitrogens with one attached hydrogen (secondary N) is 1. The van der Waals surface area contributed by atoms with Gasteiger partial charge in [0.2, 0.25) is 5.91 Å². The van der Waals surface area contributed by atoms with E-state index in [9.17, 15) is 10.1 Å². The first-order chi connectivity index (χ1) is 16.0. The van der Waals surface area contributed by atoms with E-state index < -0.39 is 5.41 Å². The van der Waals surface area contributed by atoms with Gasteiger partial charge >= 0.3 is 0 Å². The fourth-order valence-corrected chi connectivity index (χ4v) is 6.71. The molecule has 0 bridgehead atoms. The third-order valence-corrected chi connectivity index (χ3v) is 8.74. The zero-order valence-electron chi connectivity index (χ0n) is 20.1. The van der Waals surface area contributed by atoms with Gasteiger partial charge in [0.25, 0.3) is 0 Å². The lowest BCUT2D eigenvalue weighted by Gasteiger charge is -2.49. The van der Waals surface area contributed by atoms with Crippen molar-refractivity contribution in [3.8, 4) is 6.07 Å². The first-order valence-corrected chi connectivity index (χ1v) is 12.8. The van der Waals surface area contributed by atoms with Crippen molar-refractivity contribution < 1.29 is 4.79 Å². The standard InChI is InChI=1S/C27H37N5O/c1-19(2)21-4-6-23(7-5-21)31-13-9-27(10-14-31)24-8-3-20(16-28)15-22(24)17-32(26(27)33)18-25-29-11-12-30-25/h3,8,15,19,21,23H,4-7,9-14,17-18H2,1-2H3,(H,29,30). The Bertz CT molecular complexity index is 961. The van der Waals surface area contributed by atoms with Gasteiger partial charge in [0, 0.05) is 19.1 Å². The van der Waals surface area contributed by atoms with Crippen molar-refractivity contribution in [2.75, 3.05) is 32.7 Å². The number of hydrogen-bond acceptors (Lipinski definition) is 5. The molecule has 33 heavy (non-hydrogen) atoms. The molecule has 0 unspecified atom stereocenters. The number of carbonyl (C=O) groups excluding carboxylic acids is 1. The molecular weight excluding hydrogens is 410 g/mol. The van der Waals surface area contributed by atoms with Crippen molar-refractivity contribution in [2.45, 2.75) is 70.4 Å². The molecule has 1 aromatic carbocycles. The molecular formula is C27H37N5O. The lowest BCUT2D eigenvalue weighted by molar-refractivity contribution is -0.141. The molecule has 1 saturated heterocycles. The van der Waals surface area contributed by atoms with Crippen LogP contribution < -0.4 is 5.32 Å². The van der Waals surface area contributed by atoms with E-state index in [0.29, 0.717) is 24.7 Å². The Balaban J connectivity index is 1.36. The number of likely N-dealkylation sites (tertiary alicyclic amines) is 1. The highest BCUT2D eigenvalue weighted by atomic mass is 16.2. The number of benzene rings is 1. The molecule has 1 aromatic rings. The first kappa shape index (κ1) is 22.4. The Morgan fingerprint density at radius 3 is 2.61 bits per heavy atom. The first-order valence-electron chi connectivity index (χ1n) is 12.8. The summed E-state index contributed by atoms with van der Waals surface area (Å²) < 4.78 is 0. The maximum Gasteiger partial charge on any atom is 0.234 e. The summed E-state index contributed by atoms with van der Waals surface area (Å²) in [5, 5.41) is 12.8. The van der Waals surface area contributed by atoms with Gasteiger partial charge in [0.1, 0.15) is 5.84 Å². The fraction of sp³-hybridized carbons (Fsp3) is 0.667. The van der Waals surface area contributed by atoms with Crippen LogP contribution in [-0.4, -0.2) is 60.3 Å². The van der Waals surface area contributed by atoms with E-state index in [4.69, 9.17) is 0 Å². The zero-order chi connectivity index (χ0) is 23.0. The van der Waals surface area contributed by atoms with E-state index >= 15 is 0 Å². The predicted molar refractivity (Wildman–Crippen MR) is 130 cm³/mol. The van der Waals surface area contributed by atoms with Gasteiger partial charge < -0.3 is 15.1 Å². The zero-order valence-corrected chi connectivity index (χ0v) is 20.1. The summed E-state index contributed by atoms with van der Waals surface area (Å²) >= 11 is 0. The van der Waals surface area contributed by atoms with Crippen molar-refractivity contribution in [1.82, 2.24) is 15.1 Å². The van der Waals surface area contributed by atoms with Gasteiger partial charge in [-0.05, 0) is 86.7 Å². The van der Waals surface area contributed by atoms with Gasteiger partial charge in [0.15, 0.2) is 0 Å². The van der Waals surface area contributed by atoms with E-state index in [1.165, 1.54) is 25.7 Å². The molecule has 3 heterocycles. The normalized spacial score (nSPS) is 27.3. The maximum absolute atomic E-state index is 14.0. The summed E-state index contributed by atoms with van der Waals surface area (Å²) in [7, 11) is 0. The van der Waals surface area contributed by atoms with Crippen LogP contribution >= 0.6 is 0 Å². The average Bonchev–Trinajstić information content (AvgIpc) is 3.36. The summed E-state index contributed by atoms with van der Waals surface area (Å²) in [5.41, 5.74) is 2.51. The average molecular weight is 448 g/mol. The Morgan fingerprint density at radius 1 is 1.21 bits per heavy atom. The van der Waals surface area contributed by atoms with Crippen LogP contribution in [0.2, 0.25) is 0 Å². The quantitative estimate of drug-likeness (QED) is 0.767. The van der Waals surface area contributed by atoms with Crippen molar-refractivity contribution >= 4 is 11.7 Å². The molecule has 1 amide bonds. The number of nitrogens with zero attached hydrogens (tertiary/aromatic N) is 4. The van der Waals surface area contributed by atoms with Crippen LogP contribution in [0.4, 0.5) is 0 Å². The largest absolute Gasteiger partial charge is 0.370 e. The Kier molecular flexibility index (Phi) is 6.18. The molecule has 2 fully saturated rings. The van der Waals surface area contributed by atoms with Crippen LogP contribution in [0.15, 0.2) is 23.2 Å². The van der Waals surface area contributed by atoms with Crippen LogP contribution in [0, 0.1) is 23.2 Å². The van der Waals surface area contributed by atoms with Crippen molar-refractivity contribution in [2.24, 2.45) is 16.8 Å². The van der Waals surface area contributed by atoms with E-state index in [1.807, 2.05) is 17.0 Å². The highest BCUT2D eigenvalue weighted by Gasteiger charge is 2.49. The number of amides is 1. The van der Waals surface area contributed by atoms with Crippen molar-refractivity contribution in [1.29, 1.82) is 5.26 Å². The summed E-state index contributed by atoms with van der Waals surface area (Å²) in [6.45, 7) is 9.42. The van der Waals surface area contributed by atoms with Gasteiger partial charge in [-0.1, -0.05) is 19.9 Å². The molecule has 176 valence electrons. The molecule has 0 radical (unpaired) electrons. The number of nitriles is 1. The van der Waals surface area contributed by atoms with Gasteiger partial charge in [-0.15, -0.1) is 0 Å². The number of hydrogen-bond donors (Lipinski definition) is 1. The monoisotopic (exact) mass is 447 g/mol. The van der Waals surface area contributed by atoms with E-state index in [1.54, 1.807) is 0 Å². The maximum atomic E-state index is 14.0. The summed E-state index contributed by atoms with van der Waals surface area (Å²) in [6.07, 6.45) is 7.00. The second kappa shape index (κ2) is 9.10. The Morgan fingerprint density at radius 2 is 1.97 bits per heavy atom. The Hall–Kier alpha value is -2.39. The number of fused-ring (bicyclic) bond motifs is 2. The van der Waals surface area contributed by atoms with Crippen LogP contribution in [0.3, 0.4) is 0 Å². The number of rotatable bonds is 4. The van der Waals surface area contributed by atoms with Crippen LogP contribution in [0.25, 0.3) is 0 Å². The van der Waals surface area contributed by atoms with Crippen LogP contribution in [0.1, 0.15) is 69.1 Å². The van der Waals surface area contributed by atoms with Gasteiger partial charge in [-0.25, -0.2) is 0 Å². The topological polar surface area (TPSA) is 71.7 Å². The molecule has 6 nitrogen and oxygen atoms in total. The predicted octanol–water partition coefficient (Wildman–Crippen LogP) is 3.45. The summed E-state index contributed by atoms with van der Waals surface area (Å²) in [5.74, 6) is 2.83. The SMILES string of the molecule is CC(C)C1CCC(N2CCC3(CC2)C(=O)N(CC2=NCCN2)Cc2cc(C#N)ccc23)CC1. The fourth-order valence-electron chi connectivity index (χ4n) is 6.71. The van der Waals surface area contributed by atoms with E-state index in [-0.39, 0.29) is 5.91 Å². The minimum absolute atomic E-state index is 0.249. The number of aliphatic imine (C=N–C) groups is 1. The highest BCUT2D eigenvalue weighted by Crippen LogP contribution is 2.44. The second-order valence-corrected chi connectivity index (χ2v) is 10.8.